The highest BCUT2D eigenvalue weighted by Gasteiger charge is 2.28. The molecule has 1 heterocycles. The zero-order valence-corrected chi connectivity index (χ0v) is 22.3. The van der Waals surface area contributed by atoms with Crippen molar-refractivity contribution in [1.29, 1.82) is 0 Å². The van der Waals surface area contributed by atoms with Crippen molar-refractivity contribution >= 4 is 17.6 Å². The van der Waals surface area contributed by atoms with Crippen LogP contribution in [0.15, 0.2) is 72.8 Å². The van der Waals surface area contributed by atoms with Gasteiger partial charge in [-0.3, -0.25) is 4.79 Å². The second-order valence-electron chi connectivity index (χ2n) is 10.1. The first-order chi connectivity index (χ1) is 17.6. The Morgan fingerprint density at radius 3 is 2.22 bits per heavy atom. The third-order valence-electron chi connectivity index (χ3n) is 7.46. The van der Waals surface area contributed by atoms with E-state index in [1.807, 2.05) is 31.2 Å². The van der Waals surface area contributed by atoms with Crippen molar-refractivity contribution in [3.8, 4) is 11.1 Å². The highest BCUT2D eigenvalue weighted by Crippen LogP contribution is 2.44. The highest BCUT2D eigenvalue weighted by molar-refractivity contribution is 6.30. The zero-order chi connectivity index (χ0) is 25.3. The van der Waals surface area contributed by atoms with Crippen LogP contribution < -0.4 is 5.32 Å². The Balaban J connectivity index is 0.000000174. The molecular formula is C32H38ClNO2. The summed E-state index contributed by atoms with van der Waals surface area (Å²) >= 11 is 6.00. The van der Waals surface area contributed by atoms with Crippen molar-refractivity contribution < 1.29 is 9.53 Å². The zero-order valence-electron chi connectivity index (χ0n) is 21.5. The molecule has 1 atom stereocenters. The van der Waals surface area contributed by atoms with Crippen LogP contribution in [0.25, 0.3) is 11.1 Å². The molecule has 3 nitrogen and oxygen atoms in total. The van der Waals surface area contributed by atoms with Crippen LogP contribution in [0.3, 0.4) is 0 Å². The van der Waals surface area contributed by atoms with Gasteiger partial charge in [-0.2, -0.15) is 0 Å². The molecule has 0 radical (unpaired) electrons. The van der Waals surface area contributed by atoms with Gasteiger partial charge in [0.25, 0.3) is 0 Å². The smallest absolute Gasteiger partial charge is 0.305 e. The van der Waals surface area contributed by atoms with Crippen LogP contribution in [0, 0.1) is 11.8 Å². The molecule has 1 unspecified atom stereocenters. The van der Waals surface area contributed by atoms with E-state index in [0.717, 1.165) is 29.7 Å². The summed E-state index contributed by atoms with van der Waals surface area (Å²) in [4.78, 5) is 11.6. The summed E-state index contributed by atoms with van der Waals surface area (Å²) in [7, 11) is 0. The monoisotopic (exact) mass is 503 g/mol. The van der Waals surface area contributed by atoms with E-state index < -0.39 is 0 Å². The summed E-state index contributed by atoms with van der Waals surface area (Å²) < 4.78 is 5.44. The van der Waals surface area contributed by atoms with Crippen molar-refractivity contribution in [2.24, 2.45) is 11.8 Å². The molecule has 1 aliphatic carbocycles. The number of ether oxygens (including phenoxy) is 1. The molecule has 2 aliphatic rings. The lowest BCUT2D eigenvalue weighted by Crippen LogP contribution is -2.31. The second-order valence-corrected chi connectivity index (χ2v) is 10.5. The number of hydrogen-bond acceptors (Lipinski definition) is 3. The van der Waals surface area contributed by atoms with Crippen molar-refractivity contribution in [1.82, 2.24) is 5.32 Å². The Morgan fingerprint density at radius 2 is 1.61 bits per heavy atom. The Hall–Kier alpha value is -2.62. The molecule has 36 heavy (non-hydrogen) atoms. The molecule has 0 spiro atoms. The number of rotatable bonds is 7. The molecule has 1 aliphatic heterocycles. The Bertz CT molecular complexity index is 1090. The maximum absolute atomic E-state index is 11.6. The number of carbonyl (C=O) groups excluding carboxylic acids is 1. The van der Waals surface area contributed by atoms with Gasteiger partial charge < -0.3 is 10.1 Å². The molecule has 4 heteroatoms. The summed E-state index contributed by atoms with van der Waals surface area (Å²) in [6, 6.07) is 25.0. The van der Waals surface area contributed by atoms with Gasteiger partial charge in [0, 0.05) is 17.4 Å². The van der Waals surface area contributed by atoms with E-state index in [1.165, 1.54) is 53.7 Å². The molecule has 1 saturated heterocycles. The first kappa shape index (κ1) is 26.4. The van der Waals surface area contributed by atoms with Gasteiger partial charge in [-0.15, -0.1) is 0 Å². The third kappa shape index (κ3) is 6.78. The fourth-order valence-electron chi connectivity index (χ4n) is 5.51. The number of piperidine rings is 1. The number of carbonyl (C=O) groups is 1. The second kappa shape index (κ2) is 13.1. The molecule has 0 bridgehead atoms. The van der Waals surface area contributed by atoms with Crippen LogP contribution in [-0.4, -0.2) is 25.7 Å². The van der Waals surface area contributed by atoms with Crippen LogP contribution >= 0.6 is 11.6 Å². The maximum Gasteiger partial charge on any atom is 0.305 e. The average molecular weight is 504 g/mol. The van der Waals surface area contributed by atoms with Crippen LogP contribution in [0.2, 0.25) is 5.02 Å². The minimum absolute atomic E-state index is 0.102. The molecule has 1 N–H and O–H groups in total. The maximum atomic E-state index is 11.6. The lowest BCUT2D eigenvalue weighted by Gasteiger charge is -2.28. The van der Waals surface area contributed by atoms with Gasteiger partial charge >= 0.3 is 5.97 Å². The lowest BCUT2D eigenvalue weighted by atomic mass is 9.82. The van der Waals surface area contributed by atoms with Gasteiger partial charge in [-0.05, 0) is 90.6 Å². The van der Waals surface area contributed by atoms with Gasteiger partial charge in [0.05, 0.1) is 0 Å². The summed E-state index contributed by atoms with van der Waals surface area (Å²) in [5, 5.41) is 4.28. The van der Waals surface area contributed by atoms with Crippen molar-refractivity contribution in [3.05, 3.63) is 94.5 Å². The molecule has 3 aromatic carbocycles. The largest absolute Gasteiger partial charge is 0.465 e. The number of fused-ring (bicyclic) bond motifs is 3. The first-order valence-electron chi connectivity index (χ1n) is 13.4. The fraction of sp³-hybridized carbons (Fsp3) is 0.406. The average Bonchev–Trinajstić information content (AvgIpc) is 3.22. The molecule has 1 fully saturated rings. The third-order valence-corrected chi connectivity index (χ3v) is 7.70. The number of esters is 1. The minimum atomic E-state index is -0.102. The topological polar surface area (TPSA) is 38.3 Å². The van der Waals surface area contributed by atoms with E-state index in [9.17, 15) is 4.79 Å². The summed E-state index contributed by atoms with van der Waals surface area (Å²) in [5.74, 6) is 1.71. The number of hydrogen-bond donors (Lipinski definition) is 1. The molecule has 5 rings (SSSR count). The molecular weight excluding hydrogens is 466 g/mol. The minimum Gasteiger partial charge on any atom is -0.465 e. The Labute approximate surface area is 221 Å². The van der Waals surface area contributed by atoms with Gasteiger partial charge in [-0.1, -0.05) is 86.1 Å². The SMILES string of the molecule is CC(Cc1cccc(Cl)c1)C1CCNCC1.CCCC(=O)OCC1c2ccccc2-c2ccccc21. The summed E-state index contributed by atoms with van der Waals surface area (Å²) in [6.07, 6.45) is 5.13. The molecule has 0 saturated carbocycles. The first-order valence-corrected chi connectivity index (χ1v) is 13.7. The predicted molar refractivity (Wildman–Crippen MR) is 150 cm³/mol. The van der Waals surface area contributed by atoms with Crippen LogP contribution in [0.4, 0.5) is 0 Å². The van der Waals surface area contributed by atoms with E-state index in [-0.39, 0.29) is 11.9 Å². The number of halogens is 1. The van der Waals surface area contributed by atoms with Crippen LogP contribution in [-0.2, 0) is 16.0 Å². The van der Waals surface area contributed by atoms with E-state index in [1.54, 1.807) is 0 Å². The van der Waals surface area contributed by atoms with E-state index in [0.29, 0.717) is 13.0 Å². The fourth-order valence-corrected chi connectivity index (χ4v) is 5.72. The van der Waals surface area contributed by atoms with Gasteiger partial charge in [0.15, 0.2) is 0 Å². The van der Waals surface area contributed by atoms with Gasteiger partial charge in [-0.25, -0.2) is 0 Å². The summed E-state index contributed by atoms with van der Waals surface area (Å²) in [6.45, 7) is 7.17. The molecule has 0 amide bonds. The van der Waals surface area contributed by atoms with Crippen LogP contribution in [0.1, 0.15) is 62.1 Å². The van der Waals surface area contributed by atoms with E-state index in [4.69, 9.17) is 16.3 Å². The normalized spacial score (nSPS) is 15.9. The Kier molecular flexibility index (Phi) is 9.60. The standard InChI is InChI=1S/C18H18O2.C14H20ClN/c1-2-7-18(19)20-12-17-15-10-5-3-8-13(15)14-9-4-6-11-16(14)17;1-11(13-5-7-16-8-6-13)9-12-3-2-4-14(15)10-12/h3-6,8-11,17H,2,7,12H2,1H3;2-4,10-11,13,16H,5-9H2,1H3. The molecule has 0 aromatic heterocycles. The number of benzene rings is 3. The molecule has 3 aromatic rings. The van der Waals surface area contributed by atoms with Crippen LogP contribution in [0.5, 0.6) is 0 Å². The van der Waals surface area contributed by atoms with Gasteiger partial charge in [0.1, 0.15) is 6.61 Å². The molecule has 190 valence electrons. The summed E-state index contributed by atoms with van der Waals surface area (Å²) in [5.41, 5.74) is 6.42. The highest BCUT2D eigenvalue weighted by atomic mass is 35.5. The van der Waals surface area contributed by atoms with E-state index in [2.05, 4.69) is 60.8 Å². The quantitative estimate of drug-likeness (QED) is 0.336. The van der Waals surface area contributed by atoms with E-state index >= 15 is 0 Å². The lowest BCUT2D eigenvalue weighted by molar-refractivity contribution is -0.143. The predicted octanol–water partition coefficient (Wildman–Crippen LogP) is 7.66. The van der Waals surface area contributed by atoms with Crippen molar-refractivity contribution in [3.63, 3.8) is 0 Å². The number of nitrogens with one attached hydrogen (secondary N) is 1. The van der Waals surface area contributed by atoms with Crippen molar-refractivity contribution in [2.45, 2.75) is 51.9 Å². The Morgan fingerprint density at radius 1 is 0.972 bits per heavy atom. The van der Waals surface area contributed by atoms with Crippen molar-refractivity contribution in [2.75, 3.05) is 19.7 Å². The van der Waals surface area contributed by atoms with Gasteiger partial charge in [0.2, 0.25) is 0 Å².